The third kappa shape index (κ3) is 3.99. The minimum atomic E-state index is -0.0956. The number of thiophene rings is 1. The van der Waals surface area contributed by atoms with E-state index in [2.05, 4.69) is 16.4 Å². The highest BCUT2D eigenvalue weighted by Gasteiger charge is 2.16. The first-order valence-corrected chi connectivity index (χ1v) is 10.2. The van der Waals surface area contributed by atoms with E-state index >= 15 is 0 Å². The standard InChI is InChI=1S/C19H21N3O2S2/c1-11(2)20-16(23)10-26-19-21-15-5-6-25-17(15)18(24)22(19)14-8-12(3)7-13(4)9-14/h5-9,11H,10H2,1-4H3,(H,20,23). The summed E-state index contributed by atoms with van der Waals surface area (Å²) in [4.78, 5) is 29.8. The summed E-state index contributed by atoms with van der Waals surface area (Å²) in [5.74, 6) is 0.141. The quantitative estimate of drug-likeness (QED) is 0.536. The summed E-state index contributed by atoms with van der Waals surface area (Å²) in [7, 11) is 0. The Kier molecular flexibility index (Phi) is 5.48. The monoisotopic (exact) mass is 387 g/mol. The number of aryl methyl sites for hydroxylation is 2. The van der Waals surface area contributed by atoms with E-state index in [0.717, 1.165) is 16.8 Å². The van der Waals surface area contributed by atoms with Crippen molar-refractivity contribution in [1.82, 2.24) is 14.9 Å². The number of rotatable bonds is 5. The molecule has 0 aliphatic heterocycles. The van der Waals surface area contributed by atoms with Gasteiger partial charge in [-0.1, -0.05) is 17.8 Å². The van der Waals surface area contributed by atoms with Crippen LogP contribution >= 0.6 is 23.1 Å². The van der Waals surface area contributed by atoms with Crippen LogP contribution in [0, 0.1) is 13.8 Å². The summed E-state index contributed by atoms with van der Waals surface area (Å²) in [6.45, 7) is 7.84. The third-order valence-corrected chi connectivity index (χ3v) is 5.53. The van der Waals surface area contributed by atoms with Crippen molar-refractivity contribution in [3.63, 3.8) is 0 Å². The van der Waals surface area contributed by atoms with Crippen LogP contribution in [0.3, 0.4) is 0 Å². The lowest BCUT2D eigenvalue weighted by Gasteiger charge is -2.14. The molecule has 3 rings (SSSR count). The molecule has 0 spiro atoms. The lowest BCUT2D eigenvalue weighted by atomic mass is 10.1. The van der Waals surface area contributed by atoms with E-state index in [1.165, 1.54) is 23.1 Å². The van der Waals surface area contributed by atoms with Crippen LogP contribution in [0.15, 0.2) is 39.6 Å². The summed E-state index contributed by atoms with van der Waals surface area (Å²) in [5.41, 5.74) is 3.51. The van der Waals surface area contributed by atoms with Crippen LogP contribution in [-0.2, 0) is 4.79 Å². The Morgan fingerprint density at radius 1 is 1.27 bits per heavy atom. The van der Waals surface area contributed by atoms with Gasteiger partial charge in [0.25, 0.3) is 5.56 Å². The van der Waals surface area contributed by atoms with Crippen molar-refractivity contribution in [1.29, 1.82) is 0 Å². The van der Waals surface area contributed by atoms with Crippen LogP contribution in [-0.4, -0.2) is 27.3 Å². The highest BCUT2D eigenvalue weighted by Crippen LogP contribution is 2.24. The normalized spacial score (nSPS) is 11.3. The second kappa shape index (κ2) is 7.63. The predicted octanol–water partition coefficient (Wildman–Crippen LogP) is 3.68. The van der Waals surface area contributed by atoms with Gasteiger partial charge in [-0.05, 0) is 62.4 Å². The van der Waals surface area contributed by atoms with Crippen LogP contribution in [0.1, 0.15) is 25.0 Å². The zero-order valence-electron chi connectivity index (χ0n) is 15.2. The zero-order valence-corrected chi connectivity index (χ0v) is 16.8. The molecular formula is C19H21N3O2S2. The fourth-order valence-electron chi connectivity index (χ4n) is 2.79. The number of carbonyl (C=O) groups excluding carboxylic acids is 1. The van der Waals surface area contributed by atoms with Gasteiger partial charge < -0.3 is 5.32 Å². The molecule has 0 unspecified atom stereocenters. The molecule has 136 valence electrons. The molecule has 1 amide bonds. The van der Waals surface area contributed by atoms with Gasteiger partial charge in [-0.2, -0.15) is 0 Å². The average Bonchev–Trinajstić information content (AvgIpc) is 3.00. The molecule has 0 bridgehead atoms. The number of amides is 1. The smallest absolute Gasteiger partial charge is 0.276 e. The fourth-order valence-corrected chi connectivity index (χ4v) is 4.37. The van der Waals surface area contributed by atoms with Crippen molar-refractivity contribution in [2.24, 2.45) is 0 Å². The van der Waals surface area contributed by atoms with Gasteiger partial charge in [-0.25, -0.2) is 4.98 Å². The average molecular weight is 388 g/mol. The summed E-state index contributed by atoms with van der Waals surface area (Å²) < 4.78 is 2.24. The van der Waals surface area contributed by atoms with Crippen molar-refractivity contribution in [2.75, 3.05) is 5.75 Å². The van der Waals surface area contributed by atoms with Gasteiger partial charge in [0.15, 0.2) is 5.16 Å². The number of carbonyl (C=O) groups is 1. The van der Waals surface area contributed by atoms with E-state index in [1.807, 2.05) is 51.3 Å². The number of hydrogen-bond acceptors (Lipinski definition) is 5. The molecule has 1 aromatic carbocycles. The second-order valence-corrected chi connectivity index (χ2v) is 8.39. The van der Waals surface area contributed by atoms with Gasteiger partial charge in [0.1, 0.15) is 4.70 Å². The fraction of sp³-hybridized carbons (Fsp3) is 0.316. The van der Waals surface area contributed by atoms with Crippen LogP contribution < -0.4 is 10.9 Å². The second-order valence-electron chi connectivity index (χ2n) is 6.53. The van der Waals surface area contributed by atoms with Crippen molar-refractivity contribution in [3.8, 4) is 5.69 Å². The molecule has 2 heterocycles. The van der Waals surface area contributed by atoms with E-state index in [-0.39, 0.29) is 23.3 Å². The van der Waals surface area contributed by atoms with E-state index in [4.69, 9.17) is 0 Å². The molecule has 26 heavy (non-hydrogen) atoms. The Hall–Kier alpha value is -2.12. The van der Waals surface area contributed by atoms with Gasteiger partial charge in [0, 0.05) is 6.04 Å². The maximum atomic E-state index is 13.1. The summed E-state index contributed by atoms with van der Waals surface area (Å²) in [6, 6.07) is 7.92. The van der Waals surface area contributed by atoms with Gasteiger partial charge in [0.05, 0.1) is 17.0 Å². The van der Waals surface area contributed by atoms with Crippen LogP contribution in [0.25, 0.3) is 15.9 Å². The Morgan fingerprint density at radius 2 is 1.96 bits per heavy atom. The Bertz CT molecular complexity index is 1000. The van der Waals surface area contributed by atoms with Crippen LogP contribution in [0.2, 0.25) is 0 Å². The lowest BCUT2D eigenvalue weighted by molar-refractivity contribution is -0.119. The molecular weight excluding hydrogens is 366 g/mol. The largest absolute Gasteiger partial charge is 0.353 e. The molecule has 0 aliphatic carbocycles. The first-order chi connectivity index (χ1) is 12.3. The Balaban J connectivity index is 2.08. The Morgan fingerprint density at radius 3 is 2.62 bits per heavy atom. The molecule has 0 saturated heterocycles. The molecule has 5 nitrogen and oxygen atoms in total. The first kappa shape index (κ1) is 18.7. The zero-order chi connectivity index (χ0) is 18.8. The maximum absolute atomic E-state index is 13.1. The van der Waals surface area contributed by atoms with Crippen molar-refractivity contribution < 1.29 is 4.79 Å². The highest BCUT2D eigenvalue weighted by atomic mass is 32.2. The highest BCUT2D eigenvalue weighted by molar-refractivity contribution is 7.99. The van der Waals surface area contributed by atoms with E-state index < -0.39 is 0 Å². The number of benzene rings is 1. The van der Waals surface area contributed by atoms with Crippen molar-refractivity contribution in [3.05, 3.63) is 51.1 Å². The maximum Gasteiger partial charge on any atom is 0.276 e. The topological polar surface area (TPSA) is 64.0 Å². The molecule has 7 heteroatoms. The Labute approximate surface area is 160 Å². The molecule has 0 saturated carbocycles. The SMILES string of the molecule is Cc1cc(C)cc(-n2c(SCC(=O)NC(C)C)nc3ccsc3c2=O)c1. The molecule has 3 aromatic rings. The third-order valence-electron chi connectivity index (χ3n) is 3.70. The minimum absolute atomic E-state index is 0.0726. The molecule has 0 aliphatic rings. The number of nitrogens with one attached hydrogen (secondary N) is 1. The van der Waals surface area contributed by atoms with Gasteiger partial charge >= 0.3 is 0 Å². The van der Waals surface area contributed by atoms with Gasteiger partial charge in [0.2, 0.25) is 5.91 Å². The van der Waals surface area contributed by atoms with Crippen LogP contribution in [0.5, 0.6) is 0 Å². The van der Waals surface area contributed by atoms with E-state index in [9.17, 15) is 9.59 Å². The van der Waals surface area contributed by atoms with Crippen molar-refractivity contribution in [2.45, 2.75) is 38.9 Å². The molecule has 2 aromatic heterocycles. The number of thioether (sulfide) groups is 1. The number of aromatic nitrogens is 2. The minimum Gasteiger partial charge on any atom is -0.353 e. The summed E-state index contributed by atoms with van der Waals surface area (Å²) in [5, 5.41) is 5.26. The molecule has 0 atom stereocenters. The number of fused-ring (bicyclic) bond motifs is 1. The van der Waals surface area contributed by atoms with Gasteiger partial charge in [-0.3, -0.25) is 14.2 Å². The van der Waals surface area contributed by atoms with E-state index in [1.54, 1.807) is 4.57 Å². The summed E-state index contributed by atoms with van der Waals surface area (Å²) >= 11 is 2.67. The van der Waals surface area contributed by atoms with Gasteiger partial charge in [-0.15, -0.1) is 11.3 Å². The predicted molar refractivity (Wildman–Crippen MR) is 109 cm³/mol. The molecule has 0 fully saturated rings. The summed E-state index contributed by atoms with van der Waals surface area (Å²) in [6.07, 6.45) is 0. The number of hydrogen-bond donors (Lipinski definition) is 1. The molecule has 0 radical (unpaired) electrons. The lowest BCUT2D eigenvalue weighted by Crippen LogP contribution is -2.31. The van der Waals surface area contributed by atoms with E-state index in [0.29, 0.717) is 15.4 Å². The molecule has 1 N–H and O–H groups in total. The first-order valence-electron chi connectivity index (χ1n) is 8.36. The van der Waals surface area contributed by atoms with Crippen molar-refractivity contribution >= 4 is 39.2 Å². The van der Waals surface area contributed by atoms with Crippen LogP contribution in [0.4, 0.5) is 0 Å². The number of nitrogens with zero attached hydrogens (tertiary/aromatic N) is 2.